The van der Waals surface area contributed by atoms with Crippen LogP contribution in [0.3, 0.4) is 0 Å². The number of aliphatic imine (C=N–C) groups is 2. The van der Waals surface area contributed by atoms with Crippen LogP contribution in [0.25, 0.3) is 0 Å². The van der Waals surface area contributed by atoms with Crippen LogP contribution in [0.15, 0.2) is 64.1 Å². The molecular formula is C17H21N5. The Morgan fingerprint density at radius 3 is 2.36 bits per heavy atom. The normalized spacial score (nSPS) is 18.1. The predicted octanol–water partition coefficient (Wildman–Crippen LogP) is 1.88. The summed E-state index contributed by atoms with van der Waals surface area (Å²) in [7, 11) is 1.75. The van der Waals surface area contributed by atoms with Crippen molar-refractivity contribution in [3.05, 3.63) is 70.8 Å². The Bertz CT molecular complexity index is 715. The predicted molar refractivity (Wildman–Crippen MR) is 92.6 cm³/mol. The van der Waals surface area contributed by atoms with Crippen LogP contribution in [0, 0.1) is 13.8 Å². The smallest absolute Gasteiger partial charge is 0.165 e. The van der Waals surface area contributed by atoms with E-state index >= 15 is 0 Å². The quantitative estimate of drug-likeness (QED) is 0.795. The van der Waals surface area contributed by atoms with Crippen LogP contribution in [-0.4, -0.2) is 18.6 Å². The molecule has 0 radical (unpaired) electrons. The zero-order valence-electron chi connectivity index (χ0n) is 13.1. The number of amidine groups is 1. The van der Waals surface area contributed by atoms with E-state index in [2.05, 4.69) is 47.9 Å². The third kappa shape index (κ3) is 3.09. The van der Waals surface area contributed by atoms with Crippen molar-refractivity contribution in [3.8, 4) is 0 Å². The zero-order valence-corrected chi connectivity index (χ0v) is 13.1. The van der Waals surface area contributed by atoms with Crippen LogP contribution >= 0.6 is 0 Å². The standard InChI is InChI=1S/C17H21N5/c1-10-6-5-7-11(2)15(10)14-9-8-13(16(19)20-4)17(22-14)21-12(3)18/h5-9,20H,3,18-19H2,1-2,4H3/b16-13+,21-17+. The third-order valence-corrected chi connectivity index (χ3v) is 3.42. The lowest BCUT2D eigenvalue weighted by molar-refractivity contribution is 0.955. The lowest BCUT2D eigenvalue weighted by atomic mass is 9.96. The molecule has 1 heterocycles. The summed E-state index contributed by atoms with van der Waals surface area (Å²) in [5.74, 6) is 1.14. The summed E-state index contributed by atoms with van der Waals surface area (Å²) >= 11 is 0. The fourth-order valence-corrected chi connectivity index (χ4v) is 2.37. The van der Waals surface area contributed by atoms with Crippen LogP contribution in [0.4, 0.5) is 0 Å². The monoisotopic (exact) mass is 295 g/mol. The van der Waals surface area contributed by atoms with Gasteiger partial charge in [0.25, 0.3) is 0 Å². The Morgan fingerprint density at radius 1 is 1.18 bits per heavy atom. The highest BCUT2D eigenvalue weighted by Gasteiger charge is 2.17. The van der Waals surface area contributed by atoms with Gasteiger partial charge in [-0.15, -0.1) is 0 Å². The van der Waals surface area contributed by atoms with Crippen LogP contribution < -0.4 is 16.8 Å². The second-order valence-electron chi connectivity index (χ2n) is 5.10. The van der Waals surface area contributed by atoms with Crippen LogP contribution in [0.2, 0.25) is 0 Å². The minimum Gasteiger partial charge on any atom is -0.385 e. The highest BCUT2D eigenvalue weighted by molar-refractivity contribution is 6.22. The van der Waals surface area contributed by atoms with Crippen molar-refractivity contribution in [3.63, 3.8) is 0 Å². The van der Waals surface area contributed by atoms with Crippen molar-refractivity contribution in [1.82, 2.24) is 5.32 Å². The molecule has 0 unspecified atom stereocenters. The van der Waals surface area contributed by atoms with E-state index in [0.29, 0.717) is 17.2 Å². The Balaban J connectivity index is 2.60. The molecule has 1 aliphatic rings. The summed E-state index contributed by atoms with van der Waals surface area (Å²) in [6.07, 6.45) is 3.83. The Kier molecular flexibility index (Phi) is 4.46. The summed E-state index contributed by atoms with van der Waals surface area (Å²) in [6, 6.07) is 6.15. The van der Waals surface area contributed by atoms with E-state index in [1.807, 2.05) is 18.2 Å². The summed E-state index contributed by atoms with van der Waals surface area (Å²) < 4.78 is 0. The van der Waals surface area contributed by atoms with Crippen LogP contribution in [0.1, 0.15) is 16.7 Å². The average Bonchev–Trinajstić information content (AvgIpc) is 2.46. The molecule has 1 aromatic rings. The van der Waals surface area contributed by atoms with Gasteiger partial charge in [-0.2, -0.15) is 0 Å². The van der Waals surface area contributed by atoms with Crippen LogP contribution in [-0.2, 0) is 0 Å². The molecule has 22 heavy (non-hydrogen) atoms. The lowest BCUT2D eigenvalue weighted by Crippen LogP contribution is -2.23. The molecule has 0 bridgehead atoms. The van der Waals surface area contributed by atoms with Gasteiger partial charge in [-0.05, 0) is 37.1 Å². The Labute approximate surface area is 130 Å². The van der Waals surface area contributed by atoms with Gasteiger partial charge in [0.15, 0.2) is 5.84 Å². The molecule has 5 heteroatoms. The fraction of sp³-hybridized carbons (Fsp3) is 0.176. The van der Waals surface area contributed by atoms with Gasteiger partial charge < -0.3 is 16.8 Å². The second kappa shape index (κ2) is 6.30. The van der Waals surface area contributed by atoms with Crippen molar-refractivity contribution >= 4 is 11.5 Å². The Morgan fingerprint density at radius 2 is 1.82 bits per heavy atom. The number of nitrogens with zero attached hydrogens (tertiary/aromatic N) is 2. The lowest BCUT2D eigenvalue weighted by Gasteiger charge is -2.16. The van der Waals surface area contributed by atoms with Crippen molar-refractivity contribution in [2.45, 2.75) is 13.8 Å². The number of hydrogen-bond donors (Lipinski definition) is 3. The molecule has 0 spiro atoms. The van der Waals surface area contributed by atoms with E-state index in [4.69, 9.17) is 11.5 Å². The average molecular weight is 295 g/mol. The molecular weight excluding hydrogens is 274 g/mol. The first-order valence-electron chi connectivity index (χ1n) is 6.98. The number of allylic oxidation sites excluding steroid dienone is 1. The maximum atomic E-state index is 5.95. The van der Waals surface area contributed by atoms with E-state index in [0.717, 1.165) is 22.4 Å². The molecule has 114 valence electrons. The maximum Gasteiger partial charge on any atom is 0.165 e. The van der Waals surface area contributed by atoms with Gasteiger partial charge in [-0.3, -0.25) is 0 Å². The molecule has 5 N–H and O–H groups in total. The number of aryl methyl sites for hydroxylation is 2. The molecule has 2 rings (SSSR count). The highest BCUT2D eigenvalue weighted by Crippen LogP contribution is 2.20. The SMILES string of the molecule is C=C(N)/N=C1/N=C(c2c(C)cccc2C)C=C/C1=C(/N)NC. The third-order valence-electron chi connectivity index (χ3n) is 3.42. The zero-order chi connectivity index (χ0) is 16.3. The molecule has 5 nitrogen and oxygen atoms in total. The number of nitrogens with two attached hydrogens (primary N) is 2. The van der Waals surface area contributed by atoms with Gasteiger partial charge in [0.05, 0.1) is 11.3 Å². The summed E-state index contributed by atoms with van der Waals surface area (Å²) in [6.45, 7) is 7.74. The molecule has 0 atom stereocenters. The van der Waals surface area contributed by atoms with Crippen LogP contribution in [0.5, 0.6) is 0 Å². The largest absolute Gasteiger partial charge is 0.385 e. The summed E-state index contributed by atoms with van der Waals surface area (Å²) in [5, 5.41) is 2.90. The van der Waals surface area contributed by atoms with Crippen molar-refractivity contribution in [2.75, 3.05) is 7.05 Å². The van der Waals surface area contributed by atoms with Gasteiger partial charge >= 0.3 is 0 Å². The Hall–Kier alpha value is -2.82. The van der Waals surface area contributed by atoms with Crippen molar-refractivity contribution < 1.29 is 0 Å². The van der Waals surface area contributed by atoms with Gasteiger partial charge in [0.2, 0.25) is 0 Å². The molecule has 0 aromatic heterocycles. The van der Waals surface area contributed by atoms with E-state index in [1.54, 1.807) is 7.05 Å². The highest BCUT2D eigenvalue weighted by atomic mass is 15.0. The summed E-state index contributed by atoms with van der Waals surface area (Å²) in [5.41, 5.74) is 16.5. The fourth-order valence-electron chi connectivity index (χ4n) is 2.37. The minimum absolute atomic E-state index is 0.191. The van der Waals surface area contributed by atoms with Gasteiger partial charge in [0, 0.05) is 12.6 Å². The minimum atomic E-state index is 0.191. The molecule has 1 aromatic carbocycles. The first kappa shape index (κ1) is 15.6. The van der Waals surface area contributed by atoms with E-state index in [-0.39, 0.29) is 5.82 Å². The van der Waals surface area contributed by atoms with E-state index in [1.165, 1.54) is 0 Å². The van der Waals surface area contributed by atoms with Gasteiger partial charge in [-0.1, -0.05) is 24.8 Å². The number of dihydropyridines is 1. The first-order valence-corrected chi connectivity index (χ1v) is 6.98. The van der Waals surface area contributed by atoms with Crippen molar-refractivity contribution in [1.29, 1.82) is 0 Å². The number of benzene rings is 1. The second-order valence-corrected chi connectivity index (χ2v) is 5.10. The topological polar surface area (TPSA) is 88.8 Å². The van der Waals surface area contributed by atoms with Gasteiger partial charge in [0.1, 0.15) is 11.6 Å². The molecule has 0 amide bonds. The number of hydrogen-bond acceptors (Lipinski definition) is 4. The molecule has 0 aliphatic carbocycles. The molecule has 1 aliphatic heterocycles. The summed E-state index contributed by atoms with van der Waals surface area (Å²) in [4.78, 5) is 8.83. The number of nitrogens with one attached hydrogen (secondary N) is 1. The van der Waals surface area contributed by atoms with Crippen molar-refractivity contribution in [2.24, 2.45) is 21.5 Å². The van der Waals surface area contributed by atoms with E-state index in [9.17, 15) is 0 Å². The van der Waals surface area contributed by atoms with E-state index < -0.39 is 0 Å². The van der Waals surface area contributed by atoms with Gasteiger partial charge in [-0.25, -0.2) is 9.98 Å². The number of rotatable bonds is 3. The maximum absolute atomic E-state index is 5.95. The molecule has 0 saturated heterocycles. The first-order chi connectivity index (χ1) is 10.4. The molecule has 0 saturated carbocycles. The molecule has 0 fully saturated rings.